The van der Waals surface area contributed by atoms with Crippen molar-refractivity contribution in [2.45, 2.75) is 19.3 Å². The molecule has 1 heterocycles. The number of methoxy groups -OCH3 is 1. The summed E-state index contributed by atoms with van der Waals surface area (Å²) in [4.78, 5) is 24.7. The van der Waals surface area contributed by atoms with Crippen molar-refractivity contribution in [1.82, 2.24) is 0 Å². The van der Waals surface area contributed by atoms with Gasteiger partial charge in [0, 0.05) is 23.7 Å². The van der Waals surface area contributed by atoms with E-state index in [0.717, 1.165) is 17.7 Å². The summed E-state index contributed by atoms with van der Waals surface area (Å²) in [5, 5.41) is 0.678. The van der Waals surface area contributed by atoms with E-state index in [9.17, 15) is 9.59 Å². The summed E-state index contributed by atoms with van der Waals surface area (Å²) >= 11 is 5.91. The molecule has 1 aromatic rings. The number of amides is 1. The van der Waals surface area contributed by atoms with E-state index in [0.29, 0.717) is 11.6 Å². The molecule has 2 rings (SSSR count). The third kappa shape index (κ3) is 2.64. The highest BCUT2D eigenvalue weighted by Crippen LogP contribution is 2.30. The number of fused-ring (bicyclic) bond motifs is 1. The summed E-state index contributed by atoms with van der Waals surface area (Å²) < 4.78 is 4.52. The second kappa shape index (κ2) is 5.40. The standard InChI is InChI=1S/C13H14ClNO3/c1-18-13(17)5-4-12(16)15-7-6-9-8-10(14)2-3-11(9)15/h2-3,8H,4-7H2,1H3. The summed E-state index contributed by atoms with van der Waals surface area (Å²) in [6, 6.07) is 5.50. The maximum absolute atomic E-state index is 12.0. The molecule has 0 aliphatic carbocycles. The lowest BCUT2D eigenvalue weighted by molar-refractivity contribution is -0.141. The van der Waals surface area contributed by atoms with Crippen LogP contribution in [0.2, 0.25) is 5.02 Å². The molecule has 4 nitrogen and oxygen atoms in total. The molecule has 1 aromatic carbocycles. The van der Waals surface area contributed by atoms with Gasteiger partial charge >= 0.3 is 5.97 Å². The monoisotopic (exact) mass is 267 g/mol. The van der Waals surface area contributed by atoms with Crippen LogP contribution in [0.25, 0.3) is 0 Å². The van der Waals surface area contributed by atoms with Crippen molar-refractivity contribution in [3.8, 4) is 0 Å². The Morgan fingerprint density at radius 3 is 2.89 bits per heavy atom. The minimum absolute atomic E-state index is 0.0542. The van der Waals surface area contributed by atoms with Gasteiger partial charge in [-0.1, -0.05) is 11.6 Å². The first kappa shape index (κ1) is 12.9. The summed E-state index contributed by atoms with van der Waals surface area (Å²) in [5.74, 6) is -0.416. The van der Waals surface area contributed by atoms with Gasteiger partial charge in [-0.2, -0.15) is 0 Å². The van der Waals surface area contributed by atoms with E-state index in [4.69, 9.17) is 11.6 Å². The Hall–Kier alpha value is -1.55. The van der Waals surface area contributed by atoms with Crippen LogP contribution in [0.4, 0.5) is 5.69 Å². The van der Waals surface area contributed by atoms with Gasteiger partial charge in [-0.25, -0.2) is 0 Å². The highest BCUT2D eigenvalue weighted by Gasteiger charge is 2.24. The number of anilines is 1. The lowest BCUT2D eigenvalue weighted by atomic mass is 10.2. The number of hydrogen-bond acceptors (Lipinski definition) is 3. The van der Waals surface area contributed by atoms with E-state index in [1.54, 1.807) is 11.0 Å². The third-order valence-electron chi connectivity index (χ3n) is 3.01. The van der Waals surface area contributed by atoms with Crippen LogP contribution in [0.1, 0.15) is 18.4 Å². The molecule has 96 valence electrons. The fraction of sp³-hybridized carbons (Fsp3) is 0.385. The average Bonchev–Trinajstić information content (AvgIpc) is 2.78. The lowest BCUT2D eigenvalue weighted by Gasteiger charge is -2.17. The number of hydrogen-bond donors (Lipinski definition) is 0. The van der Waals surface area contributed by atoms with Crippen molar-refractivity contribution in [1.29, 1.82) is 0 Å². The minimum atomic E-state index is -0.362. The topological polar surface area (TPSA) is 46.6 Å². The third-order valence-corrected chi connectivity index (χ3v) is 3.24. The van der Waals surface area contributed by atoms with Gasteiger partial charge in [0.15, 0.2) is 0 Å². The van der Waals surface area contributed by atoms with E-state index in [1.807, 2.05) is 12.1 Å². The van der Waals surface area contributed by atoms with Crippen molar-refractivity contribution >= 4 is 29.2 Å². The number of carbonyl (C=O) groups excluding carboxylic acids is 2. The van der Waals surface area contributed by atoms with Gasteiger partial charge in [-0.15, -0.1) is 0 Å². The van der Waals surface area contributed by atoms with Gasteiger partial charge in [0.1, 0.15) is 0 Å². The van der Waals surface area contributed by atoms with Gasteiger partial charge in [0.2, 0.25) is 5.91 Å². The zero-order chi connectivity index (χ0) is 13.1. The summed E-state index contributed by atoms with van der Waals surface area (Å²) in [7, 11) is 1.32. The smallest absolute Gasteiger partial charge is 0.306 e. The lowest BCUT2D eigenvalue weighted by Crippen LogP contribution is -2.29. The summed E-state index contributed by atoms with van der Waals surface area (Å²) in [6.45, 7) is 0.648. The van der Waals surface area contributed by atoms with Crippen LogP contribution in [0, 0.1) is 0 Å². The van der Waals surface area contributed by atoms with Gasteiger partial charge in [-0.3, -0.25) is 9.59 Å². The molecule has 5 heteroatoms. The molecule has 0 unspecified atom stereocenters. The molecule has 0 spiro atoms. The van der Waals surface area contributed by atoms with E-state index < -0.39 is 0 Å². The first-order valence-corrected chi connectivity index (χ1v) is 6.15. The second-order valence-electron chi connectivity index (χ2n) is 4.14. The number of nitrogens with zero attached hydrogens (tertiary/aromatic N) is 1. The molecule has 0 fully saturated rings. The molecule has 0 N–H and O–H groups in total. The molecule has 1 amide bonds. The largest absolute Gasteiger partial charge is 0.469 e. The van der Waals surface area contributed by atoms with Crippen molar-refractivity contribution in [2.75, 3.05) is 18.6 Å². The Kier molecular flexibility index (Phi) is 3.87. The predicted molar refractivity (Wildman–Crippen MR) is 68.8 cm³/mol. The van der Waals surface area contributed by atoms with Crippen LogP contribution in [-0.4, -0.2) is 25.5 Å². The van der Waals surface area contributed by atoms with Crippen molar-refractivity contribution in [3.05, 3.63) is 28.8 Å². The predicted octanol–water partition coefficient (Wildman–Crippen LogP) is 2.18. The molecule has 0 bridgehead atoms. The first-order valence-electron chi connectivity index (χ1n) is 5.77. The number of ether oxygens (including phenoxy) is 1. The molecule has 0 aromatic heterocycles. The number of halogens is 1. The summed E-state index contributed by atoms with van der Waals surface area (Å²) in [5.41, 5.74) is 1.98. The zero-order valence-corrected chi connectivity index (χ0v) is 10.9. The van der Waals surface area contributed by atoms with Crippen LogP contribution >= 0.6 is 11.6 Å². The van der Waals surface area contributed by atoms with E-state index >= 15 is 0 Å². The molecule has 1 aliphatic rings. The van der Waals surface area contributed by atoms with E-state index in [2.05, 4.69) is 4.74 Å². The average molecular weight is 268 g/mol. The van der Waals surface area contributed by atoms with Gasteiger partial charge in [0.05, 0.1) is 13.5 Å². The Bertz CT molecular complexity index is 487. The van der Waals surface area contributed by atoms with Gasteiger partial charge in [-0.05, 0) is 30.2 Å². The van der Waals surface area contributed by atoms with Crippen LogP contribution in [-0.2, 0) is 20.7 Å². The highest BCUT2D eigenvalue weighted by atomic mass is 35.5. The molecule has 0 saturated heterocycles. The Balaban J connectivity index is 2.04. The number of esters is 1. The number of carbonyl (C=O) groups is 2. The van der Waals surface area contributed by atoms with Crippen LogP contribution in [0.15, 0.2) is 18.2 Å². The summed E-state index contributed by atoms with van der Waals surface area (Å²) in [6.07, 6.45) is 1.10. The maximum atomic E-state index is 12.0. The van der Waals surface area contributed by atoms with E-state index in [1.165, 1.54) is 7.11 Å². The van der Waals surface area contributed by atoms with Crippen molar-refractivity contribution in [3.63, 3.8) is 0 Å². The molecule has 18 heavy (non-hydrogen) atoms. The maximum Gasteiger partial charge on any atom is 0.306 e. The quantitative estimate of drug-likeness (QED) is 0.789. The molecular weight excluding hydrogens is 254 g/mol. The molecule has 0 atom stereocenters. The Morgan fingerprint density at radius 2 is 2.17 bits per heavy atom. The molecule has 0 saturated carbocycles. The first-order chi connectivity index (χ1) is 8.61. The minimum Gasteiger partial charge on any atom is -0.469 e. The molecule has 1 aliphatic heterocycles. The Morgan fingerprint density at radius 1 is 1.39 bits per heavy atom. The van der Waals surface area contributed by atoms with E-state index in [-0.39, 0.29) is 24.7 Å². The number of benzene rings is 1. The molecule has 0 radical (unpaired) electrons. The Labute approximate surface area is 110 Å². The van der Waals surface area contributed by atoms with Crippen LogP contribution < -0.4 is 4.90 Å². The SMILES string of the molecule is COC(=O)CCC(=O)N1CCc2cc(Cl)ccc21. The number of rotatable bonds is 3. The highest BCUT2D eigenvalue weighted by molar-refractivity contribution is 6.30. The second-order valence-corrected chi connectivity index (χ2v) is 4.58. The van der Waals surface area contributed by atoms with Gasteiger partial charge in [0.25, 0.3) is 0 Å². The van der Waals surface area contributed by atoms with Crippen molar-refractivity contribution < 1.29 is 14.3 Å². The fourth-order valence-electron chi connectivity index (χ4n) is 2.08. The van der Waals surface area contributed by atoms with Crippen LogP contribution in [0.5, 0.6) is 0 Å². The van der Waals surface area contributed by atoms with Gasteiger partial charge < -0.3 is 9.64 Å². The normalized spacial score (nSPS) is 13.3. The zero-order valence-electron chi connectivity index (χ0n) is 10.1. The fourth-order valence-corrected chi connectivity index (χ4v) is 2.27. The van der Waals surface area contributed by atoms with Crippen LogP contribution in [0.3, 0.4) is 0 Å². The van der Waals surface area contributed by atoms with Crippen molar-refractivity contribution in [2.24, 2.45) is 0 Å². The molecular formula is C13H14ClNO3.